The Labute approximate surface area is 195 Å². The molecule has 3 heterocycles. The fraction of sp³-hybridized carbons (Fsp3) is 0.360. The van der Waals surface area contributed by atoms with Crippen LogP contribution in [-0.4, -0.2) is 52.3 Å². The molecule has 2 fully saturated rings. The highest BCUT2D eigenvalue weighted by molar-refractivity contribution is 7.18. The summed E-state index contributed by atoms with van der Waals surface area (Å²) in [5, 5.41) is 3.95. The Morgan fingerprint density at radius 1 is 1.15 bits per heavy atom. The summed E-state index contributed by atoms with van der Waals surface area (Å²) in [6, 6.07) is 15.3. The number of thiazole rings is 1. The van der Waals surface area contributed by atoms with Gasteiger partial charge in [-0.3, -0.25) is 14.5 Å². The molecule has 2 saturated heterocycles. The first-order valence-corrected chi connectivity index (χ1v) is 12.2. The van der Waals surface area contributed by atoms with Crippen LogP contribution in [0.25, 0.3) is 10.2 Å². The number of para-hydroxylation sites is 1. The second-order valence-electron chi connectivity index (χ2n) is 9.08. The number of nitrogens with one attached hydrogen (secondary N) is 1. The van der Waals surface area contributed by atoms with E-state index in [1.807, 2.05) is 42.5 Å². The number of aromatic nitrogens is 1. The number of amides is 4. The zero-order valence-corrected chi connectivity index (χ0v) is 18.9. The molecular formula is C25H24N4O3S. The van der Waals surface area contributed by atoms with Gasteiger partial charge < -0.3 is 10.2 Å². The molecule has 3 aromatic rings. The third kappa shape index (κ3) is 3.23. The monoisotopic (exact) mass is 460 g/mol. The van der Waals surface area contributed by atoms with Gasteiger partial charge in [0.15, 0.2) is 0 Å². The Bertz CT molecular complexity index is 1250. The molecule has 6 rings (SSSR count). The summed E-state index contributed by atoms with van der Waals surface area (Å²) in [6.07, 6.45) is 3.13. The molecule has 4 amide bonds. The van der Waals surface area contributed by atoms with Crippen LogP contribution in [0.15, 0.2) is 48.5 Å². The number of imide groups is 1. The minimum absolute atomic E-state index is 0.177. The molecule has 1 aromatic heterocycles. The van der Waals surface area contributed by atoms with Crippen molar-refractivity contribution in [1.29, 1.82) is 0 Å². The van der Waals surface area contributed by atoms with Crippen molar-refractivity contribution >= 4 is 39.4 Å². The average Bonchev–Trinajstić information content (AvgIpc) is 3.50. The number of benzene rings is 2. The van der Waals surface area contributed by atoms with Crippen molar-refractivity contribution in [2.45, 2.75) is 37.1 Å². The van der Waals surface area contributed by atoms with Crippen LogP contribution in [0.5, 0.6) is 0 Å². The Morgan fingerprint density at radius 3 is 2.85 bits per heavy atom. The largest absolute Gasteiger partial charge is 0.340 e. The Kier molecular flexibility index (Phi) is 4.72. The van der Waals surface area contributed by atoms with Crippen LogP contribution in [0.3, 0.4) is 0 Å². The average molecular weight is 461 g/mol. The normalized spacial score (nSPS) is 24.5. The lowest BCUT2D eigenvalue weighted by atomic mass is 9.92. The van der Waals surface area contributed by atoms with E-state index in [0.717, 1.165) is 50.5 Å². The van der Waals surface area contributed by atoms with Gasteiger partial charge in [0.25, 0.3) is 5.91 Å². The molecule has 168 valence electrons. The summed E-state index contributed by atoms with van der Waals surface area (Å²) < 4.78 is 1.15. The molecule has 33 heavy (non-hydrogen) atoms. The van der Waals surface area contributed by atoms with Crippen LogP contribution in [-0.2, 0) is 21.5 Å². The number of aryl methyl sites for hydroxylation is 1. The number of fused-ring (bicyclic) bond motifs is 3. The Balaban J connectivity index is 1.18. The number of nitrogens with zero attached hydrogens (tertiary/aromatic N) is 3. The van der Waals surface area contributed by atoms with E-state index in [9.17, 15) is 14.4 Å². The van der Waals surface area contributed by atoms with E-state index in [-0.39, 0.29) is 24.3 Å². The Morgan fingerprint density at radius 2 is 1.97 bits per heavy atom. The van der Waals surface area contributed by atoms with Gasteiger partial charge in [0.2, 0.25) is 5.91 Å². The molecule has 0 saturated carbocycles. The van der Waals surface area contributed by atoms with Crippen LogP contribution in [0.1, 0.15) is 41.3 Å². The first-order chi connectivity index (χ1) is 16.0. The van der Waals surface area contributed by atoms with Gasteiger partial charge in [-0.15, -0.1) is 11.3 Å². The van der Waals surface area contributed by atoms with Crippen molar-refractivity contribution < 1.29 is 14.4 Å². The van der Waals surface area contributed by atoms with Gasteiger partial charge in [-0.25, -0.2) is 9.78 Å². The van der Waals surface area contributed by atoms with Gasteiger partial charge in [-0.2, -0.15) is 0 Å². The number of carbonyl (C=O) groups is 3. The molecule has 7 nitrogen and oxygen atoms in total. The summed E-state index contributed by atoms with van der Waals surface area (Å²) in [4.78, 5) is 47.0. The molecule has 0 radical (unpaired) electrons. The molecule has 1 N–H and O–H groups in total. The van der Waals surface area contributed by atoms with Gasteiger partial charge in [0.1, 0.15) is 12.1 Å². The smallest absolute Gasteiger partial charge is 0.325 e. The lowest BCUT2D eigenvalue weighted by Gasteiger charge is -2.32. The van der Waals surface area contributed by atoms with E-state index >= 15 is 0 Å². The Hall–Kier alpha value is -3.26. The highest BCUT2D eigenvalue weighted by Crippen LogP contribution is 2.41. The van der Waals surface area contributed by atoms with Crippen LogP contribution in [0.2, 0.25) is 0 Å². The SMILES string of the molecule is O=C(CN1C(=O)N[C@@]2(CCc3ccccc32)C1=O)N1CCC[C@@H](c2nc3ccccc3s2)C1. The molecule has 2 aromatic carbocycles. The quantitative estimate of drug-likeness (QED) is 0.608. The summed E-state index contributed by atoms with van der Waals surface area (Å²) in [6.45, 7) is 0.981. The number of hydrogen-bond acceptors (Lipinski definition) is 5. The predicted molar refractivity (Wildman–Crippen MR) is 125 cm³/mol. The molecule has 8 heteroatoms. The summed E-state index contributed by atoms with van der Waals surface area (Å²) in [5.41, 5.74) is 1.89. The maximum absolute atomic E-state index is 13.4. The third-order valence-electron chi connectivity index (χ3n) is 7.15. The fourth-order valence-corrected chi connectivity index (χ4v) is 6.53. The minimum Gasteiger partial charge on any atom is -0.340 e. The summed E-state index contributed by atoms with van der Waals surface area (Å²) in [7, 11) is 0. The first-order valence-electron chi connectivity index (χ1n) is 11.4. The van der Waals surface area contributed by atoms with E-state index < -0.39 is 11.6 Å². The molecular weight excluding hydrogens is 436 g/mol. The van der Waals surface area contributed by atoms with Crippen molar-refractivity contribution in [2.75, 3.05) is 19.6 Å². The number of carbonyl (C=O) groups excluding carboxylic acids is 3. The highest BCUT2D eigenvalue weighted by Gasteiger charge is 2.55. The van der Waals surface area contributed by atoms with E-state index in [0.29, 0.717) is 19.5 Å². The van der Waals surface area contributed by atoms with Gasteiger partial charge in [0, 0.05) is 19.0 Å². The van der Waals surface area contributed by atoms with E-state index in [2.05, 4.69) is 11.4 Å². The molecule has 0 unspecified atom stereocenters. The predicted octanol–water partition coefficient (Wildman–Crippen LogP) is 3.40. The van der Waals surface area contributed by atoms with E-state index in [1.165, 1.54) is 0 Å². The van der Waals surface area contributed by atoms with Crippen LogP contribution in [0.4, 0.5) is 4.79 Å². The number of rotatable bonds is 3. The van der Waals surface area contributed by atoms with E-state index in [1.54, 1.807) is 16.2 Å². The zero-order chi connectivity index (χ0) is 22.6. The second-order valence-corrected chi connectivity index (χ2v) is 10.1. The highest BCUT2D eigenvalue weighted by atomic mass is 32.1. The lowest BCUT2D eigenvalue weighted by molar-refractivity contribution is -0.139. The number of likely N-dealkylation sites (tertiary alicyclic amines) is 1. The molecule has 0 bridgehead atoms. The van der Waals surface area contributed by atoms with Crippen molar-refractivity contribution in [2.24, 2.45) is 0 Å². The van der Waals surface area contributed by atoms with Gasteiger partial charge >= 0.3 is 6.03 Å². The van der Waals surface area contributed by atoms with Crippen molar-refractivity contribution in [3.05, 3.63) is 64.7 Å². The molecule has 3 aliphatic rings. The maximum Gasteiger partial charge on any atom is 0.325 e. The number of piperidine rings is 1. The molecule has 2 atom stereocenters. The molecule has 1 spiro atoms. The summed E-state index contributed by atoms with van der Waals surface area (Å²) in [5.74, 6) is -0.325. The zero-order valence-electron chi connectivity index (χ0n) is 18.1. The van der Waals surface area contributed by atoms with Crippen molar-refractivity contribution in [1.82, 2.24) is 20.1 Å². The fourth-order valence-electron chi connectivity index (χ4n) is 5.44. The molecule has 2 aliphatic heterocycles. The van der Waals surface area contributed by atoms with Crippen molar-refractivity contribution in [3.8, 4) is 0 Å². The standard InChI is InChI=1S/C25H24N4O3S/c30-21(28-13-5-7-17(14-28)22-26-19-9-3-4-10-20(19)33-22)15-29-23(31)25(27-24(29)32)12-11-16-6-1-2-8-18(16)25/h1-4,6,8-10,17H,5,7,11-15H2,(H,27,32)/t17-,25-/m1/s1. The van der Waals surface area contributed by atoms with Crippen LogP contribution < -0.4 is 5.32 Å². The lowest BCUT2D eigenvalue weighted by Crippen LogP contribution is -2.47. The minimum atomic E-state index is -1.03. The molecule has 1 aliphatic carbocycles. The van der Waals surface area contributed by atoms with Crippen LogP contribution in [0, 0.1) is 0 Å². The van der Waals surface area contributed by atoms with Gasteiger partial charge in [-0.1, -0.05) is 36.4 Å². The van der Waals surface area contributed by atoms with Crippen molar-refractivity contribution in [3.63, 3.8) is 0 Å². The first kappa shape index (κ1) is 20.4. The number of urea groups is 1. The summed E-state index contributed by atoms with van der Waals surface area (Å²) >= 11 is 1.68. The van der Waals surface area contributed by atoms with Gasteiger partial charge in [0.05, 0.1) is 15.2 Å². The second kappa shape index (κ2) is 7.66. The topological polar surface area (TPSA) is 82.6 Å². The van der Waals surface area contributed by atoms with E-state index in [4.69, 9.17) is 4.98 Å². The number of hydrogen-bond donors (Lipinski definition) is 1. The van der Waals surface area contributed by atoms with Crippen LogP contribution >= 0.6 is 11.3 Å². The maximum atomic E-state index is 13.4. The van der Waals surface area contributed by atoms with Gasteiger partial charge in [-0.05, 0) is 48.9 Å². The third-order valence-corrected chi connectivity index (χ3v) is 8.35.